The van der Waals surface area contributed by atoms with Crippen molar-refractivity contribution >= 4 is 41.1 Å². The average Bonchev–Trinajstić information content (AvgIpc) is 3.34. The van der Waals surface area contributed by atoms with Gasteiger partial charge in [-0.05, 0) is 64.2 Å². The van der Waals surface area contributed by atoms with Crippen LogP contribution in [0.25, 0.3) is 0 Å². The van der Waals surface area contributed by atoms with Crippen LogP contribution in [0.4, 0.5) is 5.69 Å². The second-order valence-electron chi connectivity index (χ2n) is 13.4. The fourth-order valence-electron chi connectivity index (χ4n) is 4.71. The van der Waals surface area contributed by atoms with Crippen molar-refractivity contribution in [3.8, 4) is 0 Å². The highest BCUT2D eigenvalue weighted by Crippen LogP contribution is 2.20. The molecule has 0 saturated carbocycles. The molecule has 0 radical (unpaired) electrons. The van der Waals surface area contributed by atoms with Gasteiger partial charge in [0.15, 0.2) is 0 Å². The summed E-state index contributed by atoms with van der Waals surface area (Å²) in [6.07, 6.45) is 3.54. The van der Waals surface area contributed by atoms with E-state index in [1.54, 1.807) is 33.1 Å². The highest BCUT2D eigenvalue weighted by atomic mass is 16.5. The summed E-state index contributed by atoms with van der Waals surface area (Å²) in [5.41, 5.74) is 0.442. The summed E-state index contributed by atoms with van der Waals surface area (Å²) < 4.78 is 17.1. The lowest BCUT2D eigenvalue weighted by Gasteiger charge is -2.30. The third kappa shape index (κ3) is 15.7. The minimum atomic E-state index is -0.821. The number of nitrogens with one attached hydrogen (secondary N) is 4. The summed E-state index contributed by atoms with van der Waals surface area (Å²) in [7, 11) is 1.60. The number of rotatable bonds is 22. The molecule has 0 saturated heterocycles. The Morgan fingerprint density at radius 2 is 1.41 bits per heavy atom. The van der Waals surface area contributed by atoms with Crippen LogP contribution in [0.5, 0.6) is 0 Å². The summed E-state index contributed by atoms with van der Waals surface area (Å²) in [4.78, 5) is 74.2. The number of carbonyl (C=O) groups is 6. The van der Waals surface area contributed by atoms with Gasteiger partial charge in [-0.15, -0.1) is 0 Å². The van der Waals surface area contributed by atoms with Crippen molar-refractivity contribution in [1.29, 1.82) is 0 Å². The Kier molecular flexibility index (Phi) is 16.5. The number of imide groups is 1. The molecule has 0 fully saturated rings. The first-order valence-electron chi connectivity index (χ1n) is 16.5. The van der Waals surface area contributed by atoms with Crippen LogP contribution in [0.1, 0.15) is 72.8 Å². The first kappa shape index (κ1) is 41.0. The van der Waals surface area contributed by atoms with Gasteiger partial charge in [-0.3, -0.25) is 33.7 Å². The number of benzene rings is 1. The standard InChI is InChI=1S/C35H53N5O9/c1-24(2)32(33(46)37-22-29(43)38-26-10-8-25(9-11-26)23-47-7)39-28(42)15-20-48-35(5,6)17-21-49-34(3,4)16-18-36-27(41)14-19-40-30(44)12-13-31(40)45/h8-13,24,32H,14-23H2,1-7H3,(H,36,41)(H,37,46)(H,38,43)(H,39,42). The van der Waals surface area contributed by atoms with Crippen molar-refractivity contribution in [2.75, 3.05) is 45.3 Å². The van der Waals surface area contributed by atoms with Gasteiger partial charge in [0, 0.05) is 44.5 Å². The lowest BCUT2D eigenvalue weighted by atomic mass is 10.0. The topological polar surface area (TPSA) is 181 Å². The minimum Gasteiger partial charge on any atom is -0.380 e. The number of ether oxygens (including phenoxy) is 3. The molecule has 1 unspecified atom stereocenters. The SMILES string of the molecule is COCc1ccc(NC(=O)CNC(=O)C(NC(=O)CCOC(C)(C)CCOC(C)(C)CCNC(=O)CCN2C(=O)C=CC2=O)C(C)C)cc1. The largest absolute Gasteiger partial charge is 0.380 e. The molecule has 1 aliphatic heterocycles. The van der Waals surface area contributed by atoms with Gasteiger partial charge >= 0.3 is 0 Å². The maximum atomic E-state index is 12.8. The van der Waals surface area contributed by atoms with Crippen molar-refractivity contribution in [2.45, 2.75) is 91.1 Å². The maximum absolute atomic E-state index is 12.8. The zero-order valence-electron chi connectivity index (χ0n) is 29.8. The fraction of sp³-hybridized carbons (Fsp3) is 0.600. The molecule has 14 heteroatoms. The molecule has 14 nitrogen and oxygen atoms in total. The van der Waals surface area contributed by atoms with Crippen molar-refractivity contribution in [3.05, 3.63) is 42.0 Å². The van der Waals surface area contributed by atoms with E-state index in [1.807, 2.05) is 39.8 Å². The summed E-state index contributed by atoms with van der Waals surface area (Å²) in [6.45, 7) is 12.4. The molecule has 0 aromatic heterocycles. The third-order valence-electron chi connectivity index (χ3n) is 7.77. The first-order valence-corrected chi connectivity index (χ1v) is 16.5. The molecule has 0 bridgehead atoms. The van der Waals surface area contributed by atoms with Gasteiger partial charge in [0.25, 0.3) is 11.8 Å². The van der Waals surface area contributed by atoms with E-state index in [0.29, 0.717) is 38.3 Å². The molecular formula is C35H53N5O9. The van der Waals surface area contributed by atoms with Gasteiger partial charge in [-0.25, -0.2) is 0 Å². The Morgan fingerprint density at radius 3 is 2.02 bits per heavy atom. The Hall–Kier alpha value is -4.14. The molecule has 272 valence electrons. The predicted octanol–water partition coefficient (Wildman–Crippen LogP) is 2.22. The number of amides is 6. The van der Waals surface area contributed by atoms with Crippen LogP contribution in [0.2, 0.25) is 0 Å². The van der Waals surface area contributed by atoms with E-state index in [9.17, 15) is 28.8 Å². The van der Waals surface area contributed by atoms with Gasteiger partial charge in [0.1, 0.15) is 6.04 Å². The summed E-state index contributed by atoms with van der Waals surface area (Å²) in [6, 6.07) is 6.36. The third-order valence-corrected chi connectivity index (χ3v) is 7.77. The van der Waals surface area contributed by atoms with Crippen LogP contribution in [-0.4, -0.2) is 97.5 Å². The highest BCUT2D eigenvalue weighted by Gasteiger charge is 2.27. The number of carbonyl (C=O) groups excluding carboxylic acids is 6. The van der Waals surface area contributed by atoms with E-state index in [-0.39, 0.29) is 50.3 Å². The maximum Gasteiger partial charge on any atom is 0.253 e. The molecule has 0 spiro atoms. The summed E-state index contributed by atoms with van der Waals surface area (Å²) >= 11 is 0. The number of anilines is 1. The van der Waals surface area contributed by atoms with E-state index in [1.165, 1.54) is 12.2 Å². The molecule has 1 aromatic rings. The lowest BCUT2D eigenvalue weighted by Crippen LogP contribution is -2.51. The smallest absolute Gasteiger partial charge is 0.253 e. The molecule has 0 aliphatic carbocycles. The van der Waals surface area contributed by atoms with Crippen LogP contribution in [-0.2, 0) is 49.6 Å². The van der Waals surface area contributed by atoms with Crippen LogP contribution in [0.3, 0.4) is 0 Å². The van der Waals surface area contributed by atoms with E-state index >= 15 is 0 Å². The molecule has 1 atom stereocenters. The number of nitrogens with zero attached hydrogens (tertiary/aromatic N) is 1. The van der Waals surface area contributed by atoms with E-state index in [4.69, 9.17) is 14.2 Å². The molecule has 1 aliphatic rings. The summed E-state index contributed by atoms with van der Waals surface area (Å²) in [5.74, 6) is -2.49. The van der Waals surface area contributed by atoms with Crippen LogP contribution >= 0.6 is 0 Å². The predicted molar refractivity (Wildman–Crippen MR) is 183 cm³/mol. The van der Waals surface area contributed by atoms with E-state index < -0.39 is 40.9 Å². The van der Waals surface area contributed by atoms with Gasteiger partial charge in [0.05, 0.1) is 44.0 Å². The van der Waals surface area contributed by atoms with Crippen LogP contribution in [0.15, 0.2) is 36.4 Å². The van der Waals surface area contributed by atoms with Gasteiger partial charge in [-0.1, -0.05) is 26.0 Å². The van der Waals surface area contributed by atoms with E-state index in [0.717, 1.165) is 10.5 Å². The number of hydrogen-bond donors (Lipinski definition) is 4. The van der Waals surface area contributed by atoms with Crippen molar-refractivity contribution in [2.24, 2.45) is 5.92 Å². The van der Waals surface area contributed by atoms with Crippen molar-refractivity contribution in [3.63, 3.8) is 0 Å². The molecule has 6 amide bonds. The van der Waals surface area contributed by atoms with Crippen LogP contribution in [0, 0.1) is 5.92 Å². The van der Waals surface area contributed by atoms with Gasteiger partial charge in [-0.2, -0.15) is 0 Å². The Morgan fingerprint density at radius 1 is 0.796 bits per heavy atom. The zero-order chi connectivity index (χ0) is 36.6. The molecule has 1 aromatic carbocycles. The molecule has 49 heavy (non-hydrogen) atoms. The minimum absolute atomic E-state index is 0.0281. The van der Waals surface area contributed by atoms with Gasteiger partial charge in [0.2, 0.25) is 23.6 Å². The van der Waals surface area contributed by atoms with E-state index in [2.05, 4.69) is 21.3 Å². The fourth-order valence-corrected chi connectivity index (χ4v) is 4.71. The quantitative estimate of drug-likeness (QED) is 0.133. The molecule has 1 heterocycles. The second kappa shape index (κ2) is 19.8. The van der Waals surface area contributed by atoms with Gasteiger partial charge < -0.3 is 35.5 Å². The van der Waals surface area contributed by atoms with Crippen molar-refractivity contribution in [1.82, 2.24) is 20.9 Å². The zero-order valence-corrected chi connectivity index (χ0v) is 29.8. The number of methoxy groups -OCH3 is 1. The highest BCUT2D eigenvalue weighted by molar-refractivity contribution is 6.13. The lowest BCUT2D eigenvalue weighted by molar-refractivity contribution is -0.137. The average molecular weight is 688 g/mol. The number of hydrogen-bond acceptors (Lipinski definition) is 9. The second-order valence-corrected chi connectivity index (χ2v) is 13.4. The molecule has 4 N–H and O–H groups in total. The monoisotopic (exact) mass is 687 g/mol. The molecular weight excluding hydrogens is 634 g/mol. The first-order chi connectivity index (χ1) is 23.0. The Bertz CT molecular complexity index is 1310. The molecule has 2 rings (SSSR count). The van der Waals surface area contributed by atoms with Crippen molar-refractivity contribution < 1.29 is 43.0 Å². The Labute approximate surface area is 289 Å². The Balaban J connectivity index is 1.65. The summed E-state index contributed by atoms with van der Waals surface area (Å²) in [5, 5.41) is 10.9. The normalized spacial score (nSPS) is 13.8. The van der Waals surface area contributed by atoms with Crippen LogP contribution < -0.4 is 21.3 Å².